The van der Waals surface area contributed by atoms with Crippen molar-refractivity contribution in [1.82, 2.24) is 0 Å². The molecule has 0 saturated heterocycles. The second-order valence-electron chi connectivity index (χ2n) is 5.26. The van der Waals surface area contributed by atoms with Gasteiger partial charge in [0.05, 0.1) is 25.9 Å². The van der Waals surface area contributed by atoms with Gasteiger partial charge in [0, 0.05) is 18.6 Å². The van der Waals surface area contributed by atoms with Gasteiger partial charge in [0.2, 0.25) is 0 Å². The smallest absolute Gasteiger partial charge is 0.337 e. The molecule has 20 heavy (non-hydrogen) atoms. The Morgan fingerprint density at radius 3 is 2.40 bits per heavy atom. The van der Waals surface area contributed by atoms with Gasteiger partial charge in [-0.15, -0.1) is 0 Å². The van der Waals surface area contributed by atoms with Crippen molar-refractivity contribution in [1.29, 1.82) is 0 Å². The normalized spacial score (nSPS) is 11.2. The first-order chi connectivity index (χ1) is 9.42. The molecule has 112 valence electrons. The minimum atomic E-state index is -0.352. The number of carbonyl (C=O) groups excluding carboxylic acids is 1. The second-order valence-corrected chi connectivity index (χ2v) is 5.26. The first-order valence-corrected chi connectivity index (χ1v) is 6.60. The van der Waals surface area contributed by atoms with Crippen molar-refractivity contribution in [2.75, 3.05) is 26.9 Å². The molecule has 0 aliphatic carbocycles. The molecule has 0 fully saturated rings. The van der Waals surface area contributed by atoms with Gasteiger partial charge in [-0.2, -0.15) is 0 Å². The fourth-order valence-electron chi connectivity index (χ4n) is 1.49. The topological polar surface area (TPSA) is 70.8 Å². The summed E-state index contributed by atoms with van der Waals surface area (Å²) in [5, 5.41) is 0. The van der Waals surface area contributed by atoms with E-state index in [1.165, 1.54) is 7.11 Å². The summed E-state index contributed by atoms with van der Waals surface area (Å²) < 4.78 is 15.6. The number of carbonyl (C=O) groups is 1. The van der Waals surface area contributed by atoms with Gasteiger partial charge in [0.25, 0.3) is 0 Å². The fraction of sp³-hybridized carbons (Fsp3) is 0.533. The van der Waals surface area contributed by atoms with Gasteiger partial charge in [-0.05, 0) is 38.1 Å². The second kappa shape index (κ2) is 7.87. The third-order valence-corrected chi connectivity index (χ3v) is 2.45. The van der Waals surface area contributed by atoms with Crippen molar-refractivity contribution in [2.45, 2.75) is 25.8 Å². The Labute approximate surface area is 120 Å². The van der Waals surface area contributed by atoms with Crippen molar-refractivity contribution in [3.05, 3.63) is 29.8 Å². The van der Waals surface area contributed by atoms with Crippen LogP contribution in [0.5, 0.6) is 5.75 Å². The first-order valence-electron chi connectivity index (χ1n) is 6.60. The lowest BCUT2D eigenvalue weighted by molar-refractivity contribution is 0.0600. The highest BCUT2D eigenvalue weighted by Gasteiger charge is 2.09. The fourth-order valence-corrected chi connectivity index (χ4v) is 1.49. The van der Waals surface area contributed by atoms with Crippen LogP contribution in [0.3, 0.4) is 0 Å². The van der Waals surface area contributed by atoms with Crippen LogP contribution < -0.4 is 10.5 Å². The Morgan fingerprint density at radius 1 is 1.20 bits per heavy atom. The molecule has 5 nitrogen and oxygen atoms in total. The standard InChI is InChI=1S/C15H23NO4/c1-15(2,16)11-19-9-4-10-20-13-7-5-12(6-8-13)14(17)18-3/h5-8H,4,9-11,16H2,1-3H3. The molecule has 2 N–H and O–H groups in total. The molecule has 0 aromatic heterocycles. The highest BCUT2D eigenvalue weighted by atomic mass is 16.5. The average molecular weight is 281 g/mol. The molecule has 0 bridgehead atoms. The zero-order valence-electron chi connectivity index (χ0n) is 12.3. The molecule has 0 heterocycles. The molecule has 1 rings (SSSR count). The molecule has 0 radical (unpaired) electrons. The van der Waals surface area contributed by atoms with Crippen molar-refractivity contribution in [3.8, 4) is 5.75 Å². The van der Waals surface area contributed by atoms with Crippen LogP contribution in [0.1, 0.15) is 30.6 Å². The van der Waals surface area contributed by atoms with E-state index in [4.69, 9.17) is 15.2 Å². The predicted octanol–water partition coefficient (Wildman–Crippen LogP) is 2.00. The Morgan fingerprint density at radius 2 is 1.85 bits per heavy atom. The highest BCUT2D eigenvalue weighted by Crippen LogP contribution is 2.13. The largest absolute Gasteiger partial charge is 0.494 e. The lowest BCUT2D eigenvalue weighted by atomic mass is 10.1. The van der Waals surface area contributed by atoms with Crippen molar-refractivity contribution >= 4 is 5.97 Å². The van der Waals surface area contributed by atoms with E-state index < -0.39 is 0 Å². The van der Waals surface area contributed by atoms with Crippen molar-refractivity contribution in [2.24, 2.45) is 5.73 Å². The van der Waals surface area contributed by atoms with Gasteiger partial charge < -0.3 is 19.9 Å². The Kier molecular flexibility index (Phi) is 6.48. The van der Waals surface area contributed by atoms with Gasteiger partial charge in [0.1, 0.15) is 5.75 Å². The molecule has 5 heteroatoms. The highest BCUT2D eigenvalue weighted by molar-refractivity contribution is 5.89. The van der Waals surface area contributed by atoms with Crippen LogP contribution in [0.25, 0.3) is 0 Å². The average Bonchev–Trinajstić information content (AvgIpc) is 2.41. The third kappa shape index (κ3) is 6.54. The van der Waals surface area contributed by atoms with Crippen LogP contribution in [0.15, 0.2) is 24.3 Å². The number of hydrogen-bond acceptors (Lipinski definition) is 5. The Balaban J connectivity index is 2.21. The summed E-state index contributed by atoms with van der Waals surface area (Å²) in [6.45, 7) is 5.54. The van der Waals surface area contributed by atoms with E-state index in [-0.39, 0.29) is 11.5 Å². The molecule has 0 aliphatic heterocycles. The maximum absolute atomic E-state index is 11.2. The molecule has 1 aromatic rings. The predicted molar refractivity (Wildman–Crippen MR) is 77.0 cm³/mol. The maximum atomic E-state index is 11.2. The number of hydrogen-bond donors (Lipinski definition) is 1. The first kappa shape index (κ1) is 16.5. The van der Waals surface area contributed by atoms with Gasteiger partial charge in [-0.1, -0.05) is 0 Å². The van der Waals surface area contributed by atoms with Crippen LogP contribution in [-0.2, 0) is 9.47 Å². The Bertz CT molecular complexity index is 409. The monoisotopic (exact) mass is 281 g/mol. The van der Waals surface area contributed by atoms with E-state index >= 15 is 0 Å². The maximum Gasteiger partial charge on any atom is 0.337 e. The number of nitrogens with two attached hydrogens (primary N) is 1. The number of rotatable bonds is 8. The molecular formula is C15H23NO4. The van der Waals surface area contributed by atoms with E-state index in [0.29, 0.717) is 25.4 Å². The summed E-state index contributed by atoms with van der Waals surface area (Å²) in [5.41, 5.74) is 6.00. The van der Waals surface area contributed by atoms with Crippen LogP contribution in [0, 0.1) is 0 Å². The number of methoxy groups -OCH3 is 1. The molecule has 0 atom stereocenters. The molecule has 1 aromatic carbocycles. The van der Waals surface area contributed by atoms with Gasteiger partial charge >= 0.3 is 5.97 Å². The van der Waals surface area contributed by atoms with Gasteiger partial charge in [0.15, 0.2) is 0 Å². The molecule has 0 aliphatic rings. The molecule has 0 amide bonds. The summed E-state index contributed by atoms with van der Waals surface area (Å²) in [4.78, 5) is 11.2. The van der Waals surface area contributed by atoms with Crippen LogP contribution >= 0.6 is 0 Å². The number of ether oxygens (including phenoxy) is 3. The SMILES string of the molecule is COC(=O)c1ccc(OCCCOCC(C)(C)N)cc1. The van der Waals surface area contributed by atoms with E-state index in [0.717, 1.165) is 12.2 Å². The zero-order chi connectivity index (χ0) is 15.0. The van der Waals surface area contributed by atoms with E-state index in [2.05, 4.69) is 4.74 Å². The number of esters is 1. The van der Waals surface area contributed by atoms with E-state index in [1.807, 2.05) is 13.8 Å². The lowest BCUT2D eigenvalue weighted by Gasteiger charge is -2.18. The quantitative estimate of drug-likeness (QED) is 0.583. The summed E-state index contributed by atoms with van der Waals surface area (Å²) in [6, 6.07) is 6.84. The molecular weight excluding hydrogens is 258 g/mol. The van der Waals surface area contributed by atoms with Crippen molar-refractivity contribution in [3.63, 3.8) is 0 Å². The van der Waals surface area contributed by atoms with Gasteiger partial charge in [-0.3, -0.25) is 0 Å². The van der Waals surface area contributed by atoms with Crippen LogP contribution in [0.4, 0.5) is 0 Å². The molecule has 0 spiro atoms. The Hall–Kier alpha value is -1.59. The minimum absolute atomic E-state index is 0.301. The van der Waals surface area contributed by atoms with Crippen molar-refractivity contribution < 1.29 is 19.0 Å². The van der Waals surface area contributed by atoms with E-state index in [1.54, 1.807) is 24.3 Å². The van der Waals surface area contributed by atoms with Gasteiger partial charge in [-0.25, -0.2) is 4.79 Å². The van der Waals surface area contributed by atoms with Crippen LogP contribution in [-0.4, -0.2) is 38.4 Å². The molecule has 0 saturated carbocycles. The molecule has 0 unspecified atom stereocenters. The summed E-state index contributed by atoms with van der Waals surface area (Å²) in [7, 11) is 1.36. The summed E-state index contributed by atoms with van der Waals surface area (Å²) in [5.74, 6) is 0.367. The summed E-state index contributed by atoms with van der Waals surface area (Å²) in [6.07, 6.45) is 0.787. The zero-order valence-corrected chi connectivity index (χ0v) is 12.3. The number of benzene rings is 1. The lowest BCUT2D eigenvalue weighted by Crippen LogP contribution is -2.37. The van der Waals surface area contributed by atoms with E-state index in [9.17, 15) is 4.79 Å². The minimum Gasteiger partial charge on any atom is -0.494 e. The summed E-state index contributed by atoms with van der Waals surface area (Å²) >= 11 is 0. The third-order valence-electron chi connectivity index (χ3n) is 2.45. The van der Waals surface area contributed by atoms with Crippen LogP contribution in [0.2, 0.25) is 0 Å².